The third-order valence-electron chi connectivity index (χ3n) is 8.56. The lowest BCUT2D eigenvalue weighted by atomic mass is 9.45. The molecular formula is C21H32O3. The molecule has 0 bridgehead atoms. The minimum atomic E-state index is -0.343. The van der Waals surface area contributed by atoms with E-state index in [-0.39, 0.29) is 11.4 Å². The Kier molecular flexibility index (Phi) is 4.04. The van der Waals surface area contributed by atoms with Crippen LogP contribution in [0.3, 0.4) is 0 Å². The Morgan fingerprint density at radius 2 is 1.92 bits per heavy atom. The molecule has 0 aromatic carbocycles. The van der Waals surface area contributed by atoms with Crippen molar-refractivity contribution in [2.75, 3.05) is 6.61 Å². The fourth-order valence-corrected chi connectivity index (χ4v) is 7.37. The van der Waals surface area contributed by atoms with Crippen molar-refractivity contribution in [1.29, 1.82) is 0 Å². The van der Waals surface area contributed by atoms with E-state index in [0.717, 1.165) is 24.7 Å². The van der Waals surface area contributed by atoms with Gasteiger partial charge in [-0.1, -0.05) is 19.8 Å². The van der Waals surface area contributed by atoms with Crippen molar-refractivity contribution in [3.8, 4) is 0 Å². The number of carbonyl (C=O) groups is 2. The fraction of sp³-hybridized carbons (Fsp3) is 0.905. The zero-order valence-electron chi connectivity index (χ0n) is 15.3. The molecule has 0 saturated heterocycles. The highest BCUT2D eigenvalue weighted by molar-refractivity contribution is 5.88. The first-order valence-electron chi connectivity index (χ1n) is 10.1. The van der Waals surface area contributed by atoms with Crippen molar-refractivity contribution in [3.05, 3.63) is 0 Å². The molecule has 4 fully saturated rings. The van der Waals surface area contributed by atoms with E-state index in [9.17, 15) is 9.59 Å². The summed E-state index contributed by atoms with van der Waals surface area (Å²) in [5.41, 5.74) is 0.158. The Balaban J connectivity index is 1.61. The molecule has 0 radical (unpaired) electrons. The summed E-state index contributed by atoms with van der Waals surface area (Å²) < 4.78 is 5.41. The molecule has 0 spiro atoms. The lowest BCUT2D eigenvalue weighted by Gasteiger charge is -2.59. The van der Waals surface area contributed by atoms with Crippen LogP contribution in [0.15, 0.2) is 0 Å². The summed E-state index contributed by atoms with van der Waals surface area (Å²) >= 11 is 0. The monoisotopic (exact) mass is 332 g/mol. The van der Waals surface area contributed by atoms with Gasteiger partial charge in [-0.15, -0.1) is 0 Å². The van der Waals surface area contributed by atoms with Crippen molar-refractivity contribution in [2.24, 2.45) is 34.5 Å². The molecule has 4 rings (SSSR count). The molecule has 3 heteroatoms. The van der Waals surface area contributed by atoms with Gasteiger partial charge in [0.1, 0.15) is 12.4 Å². The van der Waals surface area contributed by atoms with Gasteiger partial charge in [-0.25, -0.2) is 0 Å². The van der Waals surface area contributed by atoms with Crippen molar-refractivity contribution in [3.63, 3.8) is 0 Å². The Bertz CT molecular complexity index is 541. The van der Waals surface area contributed by atoms with Crippen molar-refractivity contribution < 1.29 is 14.3 Å². The van der Waals surface area contributed by atoms with Crippen molar-refractivity contribution >= 4 is 11.8 Å². The Labute approximate surface area is 145 Å². The number of rotatable bonds is 2. The Morgan fingerprint density at radius 1 is 1.08 bits per heavy atom. The summed E-state index contributed by atoms with van der Waals surface area (Å²) in [7, 11) is 0. The second-order valence-electron chi connectivity index (χ2n) is 9.34. The normalized spacial score (nSPS) is 47.5. The van der Waals surface area contributed by atoms with Gasteiger partial charge < -0.3 is 4.74 Å². The quantitative estimate of drug-likeness (QED) is 0.698. The molecule has 0 amide bonds. The minimum Gasteiger partial charge on any atom is -0.465 e. The molecule has 3 nitrogen and oxygen atoms in total. The van der Waals surface area contributed by atoms with Crippen LogP contribution in [-0.4, -0.2) is 18.4 Å². The van der Waals surface area contributed by atoms with E-state index >= 15 is 0 Å². The first kappa shape index (κ1) is 16.6. The average molecular weight is 332 g/mol. The highest BCUT2D eigenvalue weighted by atomic mass is 16.5. The van der Waals surface area contributed by atoms with Crippen LogP contribution in [0.2, 0.25) is 0 Å². The van der Waals surface area contributed by atoms with Crippen LogP contribution in [0.5, 0.6) is 0 Å². The van der Waals surface area contributed by atoms with E-state index < -0.39 is 0 Å². The predicted octanol–water partition coefficient (Wildman–Crippen LogP) is 4.53. The molecular weight excluding hydrogens is 300 g/mol. The first-order chi connectivity index (χ1) is 11.5. The molecule has 0 aromatic rings. The van der Waals surface area contributed by atoms with Crippen LogP contribution in [0, 0.1) is 34.5 Å². The maximum atomic E-state index is 12.8. The number of fused-ring (bicyclic) bond motifs is 5. The summed E-state index contributed by atoms with van der Waals surface area (Å²) in [5.74, 6) is 2.97. The number of Topliss-reactive ketones (excluding diaryl/α,β-unsaturated/α-hetero) is 1. The van der Waals surface area contributed by atoms with E-state index in [1.54, 1.807) is 0 Å². The van der Waals surface area contributed by atoms with Crippen LogP contribution >= 0.6 is 0 Å². The largest absolute Gasteiger partial charge is 0.465 e. The van der Waals surface area contributed by atoms with Gasteiger partial charge >= 0.3 is 5.97 Å². The Morgan fingerprint density at radius 3 is 2.71 bits per heavy atom. The van der Waals surface area contributed by atoms with Crippen LogP contribution < -0.4 is 0 Å². The van der Waals surface area contributed by atoms with Gasteiger partial charge in [0.05, 0.1) is 5.41 Å². The molecule has 134 valence electrons. The molecule has 0 heterocycles. The second-order valence-corrected chi connectivity index (χ2v) is 9.34. The van der Waals surface area contributed by atoms with Gasteiger partial charge in [-0.2, -0.15) is 0 Å². The third kappa shape index (κ3) is 2.29. The highest BCUT2D eigenvalue weighted by Gasteiger charge is 2.61. The molecule has 0 N–H and O–H groups in total. The predicted molar refractivity (Wildman–Crippen MR) is 92.3 cm³/mol. The summed E-state index contributed by atoms with van der Waals surface area (Å²) in [6.45, 7) is 4.36. The highest BCUT2D eigenvalue weighted by Crippen LogP contribution is 2.65. The second kappa shape index (κ2) is 5.85. The first-order valence-corrected chi connectivity index (χ1v) is 10.1. The maximum Gasteiger partial charge on any atom is 0.302 e. The van der Waals surface area contributed by atoms with E-state index in [4.69, 9.17) is 4.74 Å². The average Bonchev–Trinajstić information content (AvgIpc) is 2.90. The molecule has 6 atom stereocenters. The van der Waals surface area contributed by atoms with E-state index in [1.165, 1.54) is 51.9 Å². The number of ketones is 1. The van der Waals surface area contributed by atoms with Crippen LogP contribution in [-0.2, 0) is 14.3 Å². The standard InChI is InChI=1S/C21H32O3/c1-14(22)24-13-21-12-10-17-16(18(21)8-9-19(21)23)7-6-15-5-3-4-11-20(15,17)2/h15-18H,3-13H2,1-2H3/t15-,16-,17+,18+,20+,21-/m1/s1. The maximum absolute atomic E-state index is 12.8. The zero-order valence-corrected chi connectivity index (χ0v) is 15.3. The van der Waals surface area contributed by atoms with E-state index in [1.807, 2.05) is 0 Å². The topological polar surface area (TPSA) is 43.4 Å². The van der Waals surface area contributed by atoms with Crippen molar-refractivity contribution in [1.82, 2.24) is 0 Å². The van der Waals surface area contributed by atoms with Gasteiger partial charge in [-0.3, -0.25) is 9.59 Å². The SMILES string of the molecule is CC(=O)OC[C@]12CC[C@H]3[C@@H](CC[C@H]4CCCC[C@@]43C)[C@@H]1CCC2=O. The van der Waals surface area contributed by atoms with Gasteiger partial charge in [0.15, 0.2) is 0 Å². The van der Waals surface area contributed by atoms with Crippen LogP contribution in [0.4, 0.5) is 0 Å². The van der Waals surface area contributed by atoms with Crippen LogP contribution in [0.25, 0.3) is 0 Å². The summed E-state index contributed by atoms with van der Waals surface area (Å²) in [5, 5.41) is 0. The molecule has 4 saturated carbocycles. The third-order valence-corrected chi connectivity index (χ3v) is 8.56. The zero-order chi connectivity index (χ0) is 16.9. The van der Waals surface area contributed by atoms with Gasteiger partial charge in [-0.05, 0) is 74.0 Å². The summed E-state index contributed by atoms with van der Waals surface area (Å²) in [4.78, 5) is 24.2. The fourth-order valence-electron chi connectivity index (χ4n) is 7.37. The van der Waals surface area contributed by atoms with Crippen LogP contribution in [0.1, 0.15) is 78.1 Å². The molecule has 4 aliphatic carbocycles. The molecule has 0 aliphatic heterocycles. The van der Waals surface area contributed by atoms with E-state index in [2.05, 4.69) is 6.92 Å². The molecule has 24 heavy (non-hydrogen) atoms. The molecule has 4 aliphatic rings. The molecule has 0 aromatic heterocycles. The van der Waals surface area contributed by atoms with Gasteiger partial charge in [0.2, 0.25) is 0 Å². The summed E-state index contributed by atoms with van der Waals surface area (Å²) in [6.07, 6.45) is 12.1. The number of hydrogen-bond donors (Lipinski definition) is 0. The number of esters is 1. The molecule has 0 unspecified atom stereocenters. The smallest absolute Gasteiger partial charge is 0.302 e. The minimum absolute atomic E-state index is 0.243. The number of hydrogen-bond acceptors (Lipinski definition) is 3. The van der Waals surface area contributed by atoms with Gasteiger partial charge in [0.25, 0.3) is 0 Å². The lowest BCUT2D eigenvalue weighted by molar-refractivity contribution is -0.160. The van der Waals surface area contributed by atoms with Crippen molar-refractivity contribution in [2.45, 2.75) is 78.1 Å². The number of carbonyl (C=O) groups excluding carboxylic acids is 2. The number of ether oxygens (including phenoxy) is 1. The Hall–Kier alpha value is -0.860. The van der Waals surface area contributed by atoms with Gasteiger partial charge in [0, 0.05) is 13.3 Å². The lowest BCUT2D eigenvalue weighted by Crippen LogP contribution is -2.54. The van der Waals surface area contributed by atoms with E-state index in [0.29, 0.717) is 36.1 Å². The summed E-state index contributed by atoms with van der Waals surface area (Å²) in [6, 6.07) is 0.